The minimum atomic E-state index is -4.61. The number of hydrogen-bond acceptors (Lipinski definition) is 5. The number of carbonyl (C=O) groups is 1. The molecule has 0 unspecified atom stereocenters. The van der Waals surface area contributed by atoms with Gasteiger partial charge in [0, 0.05) is 12.6 Å². The Morgan fingerprint density at radius 3 is 2.59 bits per heavy atom. The van der Waals surface area contributed by atoms with E-state index in [9.17, 15) is 22.4 Å². The van der Waals surface area contributed by atoms with E-state index in [2.05, 4.69) is 9.72 Å². The van der Waals surface area contributed by atoms with Gasteiger partial charge in [-0.3, -0.25) is 9.69 Å². The number of likely N-dealkylation sites (N-methyl/N-ethyl adjacent to an activating group) is 2. The van der Waals surface area contributed by atoms with Crippen molar-refractivity contribution in [3.8, 4) is 11.8 Å². The van der Waals surface area contributed by atoms with E-state index >= 15 is 0 Å². The second-order valence-electron chi connectivity index (χ2n) is 6.18. The van der Waals surface area contributed by atoms with Crippen molar-refractivity contribution >= 4 is 18.3 Å². The van der Waals surface area contributed by atoms with Crippen LogP contribution in [0.1, 0.15) is 18.4 Å². The molecule has 0 aliphatic carbocycles. The molecule has 0 bridgehead atoms. The molecule has 0 N–H and O–H groups in total. The van der Waals surface area contributed by atoms with Gasteiger partial charge >= 0.3 is 6.18 Å². The van der Waals surface area contributed by atoms with Gasteiger partial charge in [0.25, 0.3) is 5.88 Å². The molecular formula is C16H22ClF4N3O3. The second kappa shape index (κ2) is 9.41. The van der Waals surface area contributed by atoms with Crippen molar-refractivity contribution in [1.29, 1.82) is 0 Å². The third-order valence-corrected chi connectivity index (χ3v) is 4.14. The molecular weight excluding hydrogens is 394 g/mol. The highest BCUT2D eigenvalue weighted by Gasteiger charge is 2.31. The summed E-state index contributed by atoms with van der Waals surface area (Å²) in [7, 11) is 4.68. The average Bonchev–Trinajstić information content (AvgIpc) is 2.98. The summed E-state index contributed by atoms with van der Waals surface area (Å²) in [6.07, 6.45) is -2.95. The molecule has 0 aromatic carbocycles. The molecule has 1 aliphatic rings. The van der Waals surface area contributed by atoms with Crippen LogP contribution in [-0.2, 0) is 11.3 Å². The molecule has 2 rings (SSSR count). The van der Waals surface area contributed by atoms with Gasteiger partial charge in [-0.05, 0) is 32.5 Å². The molecule has 1 aromatic rings. The van der Waals surface area contributed by atoms with Crippen molar-refractivity contribution < 1.29 is 31.8 Å². The van der Waals surface area contributed by atoms with Crippen LogP contribution in [0.25, 0.3) is 0 Å². The summed E-state index contributed by atoms with van der Waals surface area (Å²) in [5.41, 5.74) is 0.237. The first-order chi connectivity index (χ1) is 12.1. The summed E-state index contributed by atoms with van der Waals surface area (Å²) in [4.78, 5) is 19.5. The van der Waals surface area contributed by atoms with Gasteiger partial charge in [0.15, 0.2) is 12.4 Å². The van der Waals surface area contributed by atoms with Crippen LogP contribution in [0.15, 0.2) is 6.07 Å². The Morgan fingerprint density at radius 1 is 1.41 bits per heavy atom. The normalized spacial score (nSPS) is 17.4. The molecule has 6 nitrogen and oxygen atoms in total. The molecule has 1 aliphatic heterocycles. The summed E-state index contributed by atoms with van der Waals surface area (Å²) in [6, 6.07) is 0.734. The van der Waals surface area contributed by atoms with Crippen molar-refractivity contribution in [3.05, 3.63) is 17.4 Å². The maximum atomic E-state index is 14.0. The number of hydrogen-bond donors (Lipinski definition) is 0. The quantitative estimate of drug-likeness (QED) is 0.669. The van der Waals surface area contributed by atoms with Crippen molar-refractivity contribution in [2.24, 2.45) is 0 Å². The van der Waals surface area contributed by atoms with E-state index in [1.54, 1.807) is 7.05 Å². The molecule has 1 saturated heterocycles. The third-order valence-electron chi connectivity index (χ3n) is 4.14. The summed E-state index contributed by atoms with van der Waals surface area (Å²) >= 11 is 0. The Bertz CT molecular complexity index is 661. The van der Waals surface area contributed by atoms with Gasteiger partial charge in [-0.2, -0.15) is 18.2 Å². The van der Waals surface area contributed by atoms with Crippen LogP contribution in [0.2, 0.25) is 0 Å². The number of rotatable bonds is 6. The van der Waals surface area contributed by atoms with Crippen LogP contribution in [0.3, 0.4) is 0 Å². The minimum Gasteiger partial charge on any atom is -0.481 e. The van der Waals surface area contributed by atoms with Crippen LogP contribution >= 0.6 is 12.4 Å². The molecule has 1 atom stereocenters. The Balaban J connectivity index is 0.00000364. The van der Waals surface area contributed by atoms with Gasteiger partial charge in [0.2, 0.25) is 11.8 Å². The lowest BCUT2D eigenvalue weighted by Crippen LogP contribution is -2.42. The first kappa shape index (κ1) is 23.2. The molecule has 154 valence electrons. The second-order valence-corrected chi connectivity index (χ2v) is 6.18. The van der Waals surface area contributed by atoms with E-state index in [1.165, 1.54) is 12.0 Å². The van der Waals surface area contributed by atoms with Crippen LogP contribution in [0.5, 0.6) is 11.8 Å². The number of aromatic nitrogens is 1. The first-order valence-corrected chi connectivity index (χ1v) is 8.00. The largest absolute Gasteiger partial charge is 0.481 e. The van der Waals surface area contributed by atoms with E-state index < -0.39 is 24.5 Å². The number of likely N-dealkylation sites (tertiary alicyclic amines) is 1. The third kappa shape index (κ3) is 6.10. The zero-order valence-corrected chi connectivity index (χ0v) is 16.0. The summed E-state index contributed by atoms with van der Waals surface area (Å²) in [5, 5.41) is 0. The number of pyridine rings is 1. The molecule has 1 fully saturated rings. The maximum absolute atomic E-state index is 14.0. The highest BCUT2D eigenvalue weighted by Crippen LogP contribution is 2.27. The molecule has 0 saturated carbocycles. The van der Waals surface area contributed by atoms with E-state index in [0.717, 1.165) is 25.5 Å². The van der Waals surface area contributed by atoms with Crippen molar-refractivity contribution in [2.75, 3.05) is 34.4 Å². The number of carbonyl (C=O) groups excluding carboxylic acids is 1. The lowest BCUT2D eigenvalue weighted by Gasteiger charge is -2.25. The van der Waals surface area contributed by atoms with Crippen LogP contribution < -0.4 is 9.47 Å². The standard InChI is InChI=1S/C16H21F4N3O3.ClH/c1-22-6-4-5-12(22)15(24)23(2)8-10-7-11(17)14(21-13(10)25-3)26-9-16(18,19)20;/h7,12H,4-6,8-9H2,1-3H3;1H/t12-;/m0./s1. The van der Waals surface area contributed by atoms with Crippen molar-refractivity contribution in [1.82, 2.24) is 14.8 Å². The lowest BCUT2D eigenvalue weighted by atomic mass is 10.1. The van der Waals surface area contributed by atoms with E-state index in [4.69, 9.17) is 4.74 Å². The number of amides is 1. The molecule has 0 spiro atoms. The van der Waals surface area contributed by atoms with Crippen LogP contribution in [0, 0.1) is 5.82 Å². The number of nitrogens with zero attached hydrogens (tertiary/aromatic N) is 3. The summed E-state index contributed by atoms with van der Waals surface area (Å²) in [5.74, 6) is -2.07. The average molecular weight is 416 g/mol. The minimum absolute atomic E-state index is 0. The molecule has 2 heterocycles. The molecule has 1 aromatic heterocycles. The molecule has 1 amide bonds. The van der Waals surface area contributed by atoms with Gasteiger partial charge in [-0.1, -0.05) is 0 Å². The van der Waals surface area contributed by atoms with Gasteiger partial charge in [-0.15, -0.1) is 12.4 Å². The first-order valence-electron chi connectivity index (χ1n) is 8.00. The highest BCUT2D eigenvalue weighted by atomic mass is 35.5. The summed E-state index contributed by atoms with van der Waals surface area (Å²) < 4.78 is 60.1. The number of halogens is 5. The van der Waals surface area contributed by atoms with E-state index in [0.29, 0.717) is 0 Å². The van der Waals surface area contributed by atoms with Gasteiger partial charge in [0.05, 0.1) is 19.7 Å². The number of methoxy groups -OCH3 is 1. The van der Waals surface area contributed by atoms with E-state index in [1.807, 2.05) is 11.9 Å². The Morgan fingerprint density at radius 2 is 2.07 bits per heavy atom. The fourth-order valence-electron chi connectivity index (χ4n) is 2.85. The predicted octanol–water partition coefficient (Wildman–Crippen LogP) is 2.64. The number of ether oxygens (including phenoxy) is 2. The highest BCUT2D eigenvalue weighted by molar-refractivity contribution is 5.85. The topological polar surface area (TPSA) is 54.9 Å². The predicted molar refractivity (Wildman–Crippen MR) is 91.7 cm³/mol. The zero-order chi connectivity index (χ0) is 19.5. The molecule has 11 heteroatoms. The smallest absolute Gasteiger partial charge is 0.422 e. The van der Waals surface area contributed by atoms with Crippen molar-refractivity contribution in [3.63, 3.8) is 0 Å². The maximum Gasteiger partial charge on any atom is 0.422 e. The Kier molecular flexibility index (Phi) is 8.09. The van der Waals surface area contributed by atoms with Crippen molar-refractivity contribution in [2.45, 2.75) is 31.6 Å². The SMILES string of the molecule is COc1nc(OCC(F)(F)F)c(F)cc1CN(C)C(=O)[C@@H]1CCCN1C.Cl. The van der Waals surface area contributed by atoms with Crippen LogP contribution in [0.4, 0.5) is 17.6 Å². The van der Waals surface area contributed by atoms with Gasteiger partial charge in [-0.25, -0.2) is 4.39 Å². The zero-order valence-electron chi connectivity index (χ0n) is 15.2. The van der Waals surface area contributed by atoms with Crippen LogP contribution in [-0.4, -0.2) is 67.3 Å². The summed E-state index contributed by atoms with van der Waals surface area (Å²) in [6.45, 7) is -0.823. The fourth-order valence-corrected chi connectivity index (χ4v) is 2.85. The Labute approximate surface area is 160 Å². The van der Waals surface area contributed by atoms with Gasteiger partial charge < -0.3 is 14.4 Å². The number of alkyl halides is 3. The molecule has 27 heavy (non-hydrogen) atoms. The monoisotopic (exact) mass is 415 g/mol. The Hall–Kier alpha value is -1.81. The van der Waals surface area contributed by atoms with Gasteiger partial charge in [0.1, 0.15) is 0 Å². The van der Waals surface area contributed by atoms with E-state index in [-0.39, 0.29) is 42.3 Å². The molecule has 0 radical (unpaired) electrons. The fraction of sp³-hybridized carbons (Fsp3) is 0.625. The lowest BCUT2D eigenvalue weighted by molar-refractivity contribution is -0.154.